The van der Waals surface area contributed by atoms with Gasteiger partial charge in [-0.15, -0.1) is 0 Å². The first-order valence-corrected chi connectivity index (χ1v) is 12.9. The summed E-state index contributed by atoms with van der Waals surface area (Å²) in [4.78, 5) is 0. The molecule has 0 aliphatic heterocycles. The molecule has 5 heteroatoms. The van der Waals surface area contributed by atoms with Crippen molar-refractivity contribution >= 4 is 17.9 Å². The van der Waals surface area contributed by atoms with E-state index in [1.807, 2.05) is 60.7 Å². The summed E-state index contributed by atoms with van der Waals surface area (Å²) < 4.78 is 23.4. The largest absolute Gasteiger partial charge is 0.497 e. The molecule has 0 spiro atoms. The van der Waals surface area contributed by atoms with Gasteiger partial charge in [0, 0.05) is 0 Å². The number of methoxy groups -OCH3 is 2. The Morgan fingerprint density at radius 3 is 1.12 bits per heavy atom. The minimum Gasteiger partial charge on any atom is -0.497 e. The molecule has 0 atom stereocenters. The van der Waals surface area contributed by atoms with Crippen molar-refractivity contribution in [3.8, 4) is 23.0 Å². The molecule has 4 aromatic carbocycles. The molecule has 0 bridgehead atoms. The van der Waals surface area contributed by atoms with Crippen LogP contribution in [0.15, 0.2) is 109 Å². The zero-order valence-corrected chi connectivity index (χ0v) is 19.8. The molecule has 4 aromatic rings. The Kier molecular flexibility index (Phi) is 7.49. The molecule has 0 fully saturated rings. The molecule has 0 saturated heterocycles. The van der Waals surface area contributed by atoms with Crippen molar-refractivity contribution in [1.82, 2.24) is 0 Å². The molecule has 0 heterocycles. The minimum atomic E-state index is -2.08. The average Bonchev–Trinajstić information content (AvgIpc) is 2.90. The van der Waals surface area contributed by atoms with Gasteiger partial charge in [0.25, 0.3) is 0 Å². The highest BCUT2D eigenvalue weighted by molar-refractivity contribution is 7.89. The third-order valence-corrected chi connectivity index (χ3v) is 9.24. The van der Waals surface area contributed by atoms with Gasteiger partial charge in [-0.2, -0.15) is 0 Å². The van der Waals surface area contributed by atoms with Crippen LogP contribution in [0, 0.1) is 0 Å². The molecular formula is C28H28O4P+. The van der Waals surface area contributed by atoms with Gasteiger partial charge in [0.15, 0.2) is 7.26 Å². The van der Waals surface area contributed by atoms with Crippen LogP contribution in [0.2, 0.25) is 0 Å². The summed E-state index contributed by atoms with van der Waals surface area (Å²) in [6.45, 7) is 0. The molecule has 0 aliphatic carbocycles. The molecular weight excluding hydrogens is 431 g/mol. The highest BCUT2D eigenvalue weighted by Crippen LogP contribution is 2.56. The zero-order valence-electron chi connectivity index (χ0n) is 18.9. The van der Waals surface area contributed by atoms with Gasteiger partial charge >= 0.3 is 0 Å². The van der Waals surface area contributed by atoms with Crippen molar-refractivity contribution in [3.05, 3.63) is 109 Å². The molecule has 33 heavy (non-hydrogen) atoms. The fraction of sp³-hybridized carbons (Fsp3) is 0.143. The predicted octanol–water partition coefficient (Wildman–Crippen LogP) is 5.75. The molecule has 0 radical (unpaired) electrons. The van der Waals surface area contributed by atoms with Gasteiger partial charge < -0.3 is 18.9 Å². The normalized spacial score (nSPS) is 11.0. The lowest BCUT2D eigenvalue weighted by molar-refractivity contribution is 0.360. The van der Waals surface area contributed by atoms with Crippen LogP contribution < -0.4 is 29.6 Å². The molecule has 0 aliphatic rings. The van der Waals surface area contributed by atoms with Crippen LogP contribution in [-0.2, 0) is 0 Å². The summed E-state index contributed by atoms with van der Waals surface area (Å²) >= 11 is 0. The summed E-state index contributed by atoms with van der Waals surface area (Å²) in [7, 11) is 1.24. The topological polar surface area (TPSA) is 36.9 Å². The van der Waals surface area contributed by atoms with Gasteiger partial charge in [0.2, 0.25) is 12.7 Å². The second-order valence-corrected chi connectivity index (χ2v) is 11.0. The Balaban J connectivity index is 1.68. The fourth-order valence-corrected chi connectivity index (χ4v) is 6.82. The predicted molar refractivity (Wildman–Crippen MR) is 136 cm³/mol. The van der Waals surface area contributed by atoms with E-state index in [2.05, 4.69) is 48.5 Å². The van der Waals surface area contributed by atoms with E-state index < -0.39 is 7.26 Å². The Morgan fingerprint density at radius 1 is 0.455 bits per heavy atom. The third-order valence-electron chi connectivity index (χ3n) is 5.52. The number of ether oxygens (including phenoxy) is 4. The maximum Gasteiger partial charge on any atom is 0.209 e. The van der Waals surface area contributed by atoms with Crippen molar-refractivity contribution < 1.29 is 18.9 Å². The SMILES string of the molecule is COc1ccc(OC[P+](COc2ccc(OC)cc2)(c2ccccc2)c2ccccc2)cc1. The zero-order chi connectivity index (χ0) is 22.9. The summed E-state index contributed by atoms with van der Waals surface area (Å²) in [5.41, 5.74) is 0. The van der Waals surface area contributed by atoms with Crippen LogP contribution in [0.4, 0.5) is 0 Å². The molecule has 0 saturated carbocycles. The molecule has 168 valence electrons. The third kappa shape index (κ3) is 5.47. The first kappa shape index (κ1) is 22.7. The molecule has 0 unspecified atom stereocenters. The molecule has 4 rings (SSSR count). The summed E-state index contributed by atoms with van der Waals surface area (Å²) in [5, 5.41) is 2.47. The van der Waals surface area contributed by atoms with Crippen LogP contribution in [0.1, 0.15) is 0 Å². The van der Waals surface area contributed by atoms with Crippen molar-refractivity contribution in [2.24, 2.45) is 0 Å². The number of hydrogen-bond acceptors (Lipinski definition) is 4. The van der Waals surface area contributed by atoms with Gasteiger partial charge in [-0.3, -0.25) is 0 Å². The highest BCUT2D eigenvalue weighted by Gasteiger charge is 2.45. The smallest absolute Gasteiger partial charge is 0.209 e. The first-order valence-electron chi connectivity index (χ1n) is 10.8. The monoisotopic (exact) mass is 459 g/mol. The fourth-order valence-electron chi connectivity index (χ4n) is 3.62. The van der Waals surface area contributed by atoms with E-state index in [4.69, 9.17) is 18.9 Å². The standard InChI is InChI=1S/C28H28O4P/c1-29-23-13-17-25(18-14-23)31-21-33(27-9-5-3-6-10-27,28-11-7-4-8-12-28)22-32-26-19-15-24(30-2)16-20-26/h3-20H,21-22H2,1-2H3/q+1. The van der Waals surface area contributed by atoms with E-state index in [1.165, 1.54) is 10.6 Å². The Hall–Kier alpha value is -3.49. The van der Waals surface area contributed by atoms with Gasteiger partial charge in [-0.05, 0) is 72.8 Å². The van der Waals surface area contributed by atoms with Gasteiger partial charge in [0.1, 0.15) is 33.6 Å². The second-order valence-electron chi connectivity index (χ2n) is 7.54. The first-order chi connectivity index (χ1) is 16.2. The van der Waals surface area contributed by atoms with Crippen LogP contribution in [0.3, 0.4) is 0 Å². The summed E-state index contributed by atoms with van der Waals surface area (Å²) in [5.74, 6) is 3.21. The Bertz CT molecular complexity index is 1020. The quantitative estimate of drug-likeness (QED) is 0.283. The van der Waals surface area contributed by atoms with Gasteiger partial charge in [0.05, 0.1) is 14.2 Å². The molecule has 0 aromatic heterocycles. The summed E-state index contributed by atoms with van der Waals surface area (Å²) in [6.07, 6.45) is 1.03. The maximum absolute atomic E-state index is 6.40. The van der Waals surface area contributed by atoms with Crippen molar-refractivity contribution in [1.29, 1.82) is 0 Å². The van der Waals surface area contributed by atoms with E-state index in [0.717, 1.165) is 23.0 Å². The van der Waals surface area contributed by atoms with E-state index in [0.29, 0.717) is 12.7 Å². The van der Waals surface area contributed by atoms with Crippen LogP contribution in [-0.4, -0.2) is 26.9 Å². The molecule has 4 nitrogen and oxygen atoms in total. The number of rotatable bonds is 10. The molecule has 0 amide bonds. The van der Waals surface area contributed by atoms with E-state index in [1.54, 1.807) is 14.2 Å². The number of hydrogen-bond donors (Lipinski definition) is 0. The number of benzene rings is 4. The average molecular weight is 460 g/mol. The van der Waals surface area contributed by atoms with E-state index in [9.17, 15) is 0 Å². The lowest BCUT2D eigenvalue weighted by Gasteiger charge is -2.27. The lowest BCUT2D eigenvalue weighted by Crippen LogP contribution is -2.31. The van der Waals surface area contributed by atoms with Crippen LogP contribution in [0.5, 0.6) is 23.0 Å². The van der Waals surface area contributed by atoms with E-state index in [-0.39, 0.29) is 0 Å². The Labute approximate surface area is 196 Å². The lowest BCUT2D eigenvalue weighted by atomic mass is 10.3. The van der Waals surface area contributed by atoms with Crippen LogP contribution >= 0.6 is 7.26 Å². The minimum absolute atomic E-state index is 0.517. The van der Waals surface area contributed by atoms with Gasteiger partial charge in [-0.1, -0.05) is 36.4 Å². The van der Waals surface area contributed by atoms with Crippen molar-refractivity contribution in [2.45, 2.75) is 0 Å². The molecule has 0 N–H and O–H groups in total. The highest BCUT2D eigenvalue weighted by atomic mass is 31.2. The van der Waals surface area contributed by atoms with Crippen LogP contribution in [0.25, 0.3) is 0 Å². The van der Waals surface area contributed by atoms with Crippen molar-refractivity contribution in [3.63, 3.8) is 0 Å². The maximum atomic E-state index is 6.40. The summed E-state index contributed by atoms with van der Waals surface area (Å²) in [6, 6.07) is 36.5. The second kappa shape index (κ2) is 10.9. The van der Waals surface area contributed by atoms with Gasteiger partial charge in [-0.25, -0.2) is 0 Å². The van der Waals surface area contributed by atoms with Crippen molar-refractivity contribution in [2.75, 3.05) is 26.9 Å². The Morgan fingerprint density at radius 2 is 0.788 bits per heavy atom. The van der Waals surface area contributed by atoms with E-state index >= 15 is 0 Å².